The molecule has 2 heterocycles. The summed E-state index contributed by atoms with van der Waals surface area (Å²) in [6, 6.07) is 16.8. The number of aromatic nitrogens is 2. The molecule has 3 aromatic rings. The van der Waals surface area contributed by atoms with Crippen molar-refractivity contribution >= 4 is 47.4 Å². The minimum atomic E-state index is 0. The van der Waals surface area contributed by atoms with Gasteiger partial charge in [-0.25, -0.2) is 4.98 Å². The molecule has 2 aromatic carbocycles. The Labute approximate surface area is 177 Å². The second-order valence-electron chi connectivity index (χ2n) is 6.60. The maximum atomic E-state index is 6.45. The lowest BCUT2D eigenvalue weighted by Crippen LogP contribution is -2.46. The zero-order valence-electron chi connectivity index (χ0n) is 15.3. The Bertz CT molecular complexity index is 881. The Morgan fingerprint density at radius 2 is 1.85 bits per heavy atom. The van der Waals surface area contributed by atoms with E-state index in [1.165, 1.54) is 11.1 Å². The topological polar surface area (TPSA) is 33.1 Å². The predicted octanol–water partition coefficient (Wildman–Crippen LogP) is 4.26. The number of benzene rings is 2. The van der Waals surface area contributed by atoms with E-state index in [1.807, 2.05) is 18.2 Å². The van der Waals surface area contributed by atoms with Crippen LogP contribution in [0, 0.1) is 0 Å². The van der Waals surface area contributed by atoms with E-state index in [1.54, 1.807) is 0 Å². The van der Waals surface area contributed by atoms with Crippen molar-refractivity contribution in [1.29, 1.82) is 0 Å². The first-order chi connectivity index (χ1) is 12.2. The van der Waals surface area contributed by atoms with Crippen molar-refractivity contribution < 1.29 is 0 Å². The largest absolute Gasteiger partial charge is 0.331 e. The molecule has 1 aromatic heterocycles. The Balaban J connectivity index is 0.00000131. The fourth-order valence-corrected chi connectivity index (χ4v) is 3.99. The summed E-state index contributed by atoms with van der Waals surface area (Å²) in [4.78, 5) is 7.33. The third-order valence-corrected chi connectivity index (χ3v) is 5.47. The number of fused-ring (bicyclic) bond motifs is 1. The first-order valence-corrected chi connectivity index (χ1v) is 9.21. The van der Waals surface area contributed by atoms with Crippen molar-refractivity contribution in [3.8, 4) is 0 Å². The van der Waals surface area contributed by atoms with Crippen LogP contribution in [0.3, 0.4) is 0 Å². The Morgan fingerprint density at radius 1 is 1.11 bits per heavy atom. The fourth-order valence-electron chi connectivity index (χ4n) is 3.73. The molecule has 1 fully saturated rings. The van der Waals surface area contributed by atoms with Gasteiger partial charge in [0.2, 0.25) is 0 Å². The number of piperazine rings is 1. The number of aryl methyl sites for hydroxylation is 1. The van der Waals surface area contributed by atoms with Crippen LogP contribution < -0.4 is 5.32 Å². The summed E-state index contributed by atoms with van der Waals surface area (Å²) in [5.74, 6) is 1.14. The molecular formula is C20H25Cl3N4. The molecule has 0 spiro atoms. The quantitative estimate of drug-likeness (QED) is 0.675. The highest BCUT2D eigenvalue weighted by Crippen LogP contribution is 2.28. The Morgan fingerprint density at radius 3 is 2.63 bits per heavy atom. The fraction of sp³-hybridized carbons (Fsp3) is 0.350. The summed E-state index contributed by atoms with van der Waals surface area (Å²) in [5.41, 5.74) is 3.48. The van der Waals surface area contributed by atoms with E-state index in [0.29, 0.717) is 6.04 Å². The van der Waals surface area contributed by atoms with Gasteiger partial charge in [0, 0.05) is 50.7 Å². The van der Waals surface area contributed by atoms with Gasteiger partial charge in [-0.1, -0.05) is 41.9 Å². The second kappa shape index (κ2) is 9.76. The number of imidazole rings is 1. The predicted molar refractivity (Wildman–Crippen MR) is 118 cm³/mol. The van der Waals surface area contributed by atoms with Gasteiger partial charge in [-0.3, -0.25) is 4.90 Å². The third kappa shape index (κ3) is 4.58. The molecule has 27 heavy (non-hydrogen) atoms. The van der Waals surface area contributed by atoms with Gasteiger partial charge in [0.25, 0.3) is 0 Å². The summed E-state index contributed by atoms with van der Waals surface area (Å²) in [7, 11) is 2.11. The normalized spacial score (nSPS) is 17.3. The van der Waals surface area contributed by atoms with Crippen LogP contribution in [0.1, 0.15) is 17.4 Å². The molecule has 0 radical (unpaired) electrons. The lowest BCUT2D eigenvalue weighted by Gasteiger charge is -2.36. The molecule has 0 amide bonds. The molecule has 1 saturated heterocycles. The van der Waals surface area contributed by atoms with Gasteiger partial charge >= 0.3 is 0 Å². The zero-order valence-corrected chi connectivity index (χ0v) is 17.7. The van der Waals surface area contributed by atoms with Crippen molar-refractivity contribution in [2.24, 2.45) is 7.05 Å². The van der Waals surface area contributed by atoms with Crippen molar-refractivity contribution in [3.63, 3.8) is 0 Å². The molecule has 1 aliphatic rings. The zero-order chi connectivity index (χ0) is 17.2. The summed E-state index contributed by atoms with van der Waals surface area (Å²) in [6.45, 7) is 3.96. The highest BCUT2D eigenvalue weighted by Gasteiger charge is 2.25. The summed E-state index contributed by atoms with van der Waals surface area (Å²) < 4.78 is 2.21. The molecule has 1 atom stereocenters. The first kappa shape index (κ1) is 22.0. The SMILES string of the molecule is Cl.Cl.Cn1c(CCN2CCNCC2c2ccccc2Cl)nc2ccccc21. The molecule has 0 bridgehead atoms. The summed E-state index contributed by atoms with van der Waals surface area (Å²) >= 11 is 6.45. The maximum Gasteiger partial charge on any atom is 0.110 e. The van der Waals surface area contributed by atoms with Gasteiger partial charge in [0.1, 0.15) is 5.82 Å². The number of hydrogen-bond acceptors (Lipinski definition) is 3. The van der Waals surface area contributed by atoms with Crippen molar-refractivity contribution in [2.45, 2.75) is 12.5 Å². The minimum absolute atomic E-state index is 0. The molecular weight excluding hydrogens is 403 g/mol. The van der Waals surface area contributed by atoms with E-state index < -0.39 is 0 Å². The lowest BCUT2D eigenvalue weighted by molar-refractivity contribution is 0.163. The highest BCUT2D eigenvalue weighted by atomic mass is 35.5. The number of nitrogens with zero attached hydrogens (tertiary/aromatic N) is 3. The van der Waals surface area contributed by atoms with Gasteiger partial charge in [0.15, 0.2) is 0 Å². The molecule has 0 aliphatic carbocycles. The van der Waals surface area contributed by atoms with Crippen LogP contribution in [0.2, 0.25) is 5.02 Å². The Kier molecular flexibility index (Phi) is 7.95. The van der Waals surface area contributed by atoms with E-state index >= 15 is 0 Å². The number of hydrogen-bond donors (Lipinski definition) is 1. The standard InChI is InChI=1S/C20H23ClN4.2ClH/c1-24-18-9-5-4-8-17(18)23-20(24)10-12-25-13-11-22-14-19(25)15-6-2-3-7-16(15)21;;/h2-9,19,22H,10-14H2,1H3;2*1H. The van der Waals surface area contributed by atoms with Crippen LogP contribution in [0.15, 0.2) is 48.5 Å². The number of para-hydroxylation sites is 2. The average Bonchev–Trinajstić information content (AvgIpc) is 2.97. The third-order valence-electron chi connectivity index (χ3n) is 5.12. The number of nitrogens with one attached hydrogen (secondary N) is 1. The van der Waals surface area contributed by atoms with Crippen molar-refractivity contribution in [3.05, 3.63) is 64.9 Å². The molecule has 1 N–H and O–H groups in total. The van der Waals surface area contributed by atoms with Crippen LogP contribution in [0.5, 0.6) is 0 Å². The number of rotatable bonds is 4. The monoisotopic (exact) mass is 426 g/mol. The molecule has 0 saturated carbocycles. The smallest absolute Gasteiger partial charge is 0.110 e. The van der Waals surface area contributed by atoms with Gasteiger partial charge < -0.3 is 9.88 Å². The maximum absolute atomic E-state index is 6.45. The van der Waals surface area contributed by atoms with Crippen LogP contribution in [-0.2, 0) is 13.5 Å². The van der Waals surface area contributed by atoms with E-state index in [-0.39, 0.29) is 24.8 Å². The van der Waals surface area contributed by atoms with Crippen LogP contribution in [0.4, 0.5) is 0 Å². The molecule has 4 nitrogen and oxygen atoms in total. The van der Waals surface area contributed by atoms with E-state index in [4.69, 9.17) is 16.6 Å². The lowest BCUT2D eigenvalue weighted by atomic mass is 10.0. The van der Waals surface area contributed by atoms with Crippen LogP contribution in [-0.4, -0.2) is 40.6 Å². The van der Waals surface area contributed by atoms with Gasteiger partial charge in [-0.05, 0) is 23.8 Å². The Hall–Kier alpha value is -1.30. The number of halogens is 3. The van der Waals surface area contributed by atoms with E-state index in [9.17, 15) is 0 Å². The van der Waals surface area contributed by atoms with Gasteiger partial charge in [0.05, 0.1) is 11.0 Å². The molecule has 4 rings (SSSR count). The van der Waals surface area contributed by atoms with Crippen LogP contribution in [0.25, 0.3) is 11.0 Å². The second-order valence-corrected chi connectivity index (χ2v) is 7.01. The van der Waals surface area contributed by atoms with E-state index in [0.717, 1.165) is 49.0 Å². The van der Waals surface area contributed by atoms with Crippen LogP contribution >= 0.6 is 36.4 Å². The molecule has 1 aliphatic heterocycles. The molecule has 7 heteroatoms. The minimum Gasteiger partial charge on any atom is -0.331 e. The summed E-state index contributed by atoms with van der Waals surface area (Å²) in [5, 5.41) is 4.35. The molecule has 146 valence electrons. The van der Waals surface area contributed by atoms with Crippen molar-refractivity contribution in [1.82, 2.24) is 19.8 Å². The highest BCUT2D eigenvalue weighted by molar-refractivity contribution is 6.31. The van der Waals surface area contributed by atoms with Gasteiger partial charge in [-0.2, -0.15) is 0 Å². The van der Waals surface area contributed by atoms with Crippen molar-refractivity contribution in [2.75, 3.05) is 26.2 Å². The van der Waals surface area contributed by atoms with Gasteiger partial charge in [-0.15, -0.1) is 24.8 Å². The average molecular weight is 428 g/mol. The molecule has 1 unspecified atom stereocenters. The summed E-state index contributed by atoms with van der Waals surface area (Å²) in [6.07, 6.45) is 0.937. The first-order valence-electron chi connectivity index (χ1n) is 8.83. The van der Waals surface area contributed by atoms with E-state index in [2.05, 4.69) is 52.2 Å².